The molecule has 0 aliphatic carbocycles. The highest BCUT2D eigenvalue weighted by molar-refractivity contribution is 6.29. The number of aromatic nitrogens is 4. The molecule has 112 valence electrons. The van der Waals surface area contributed by atoms with E-state index in [4.69, 9.17) is 16.3 Å². The minimum Gasteiger partial charge on any atom is -0.462 e. The van der Waals surface area contributed by atoms with Crippen molar-refractivity contribution in [1.29, 1.82) is 0 Å². The Bertz CT molecular complexity index is 656. The first-order chi connectivity index (χ1) is 10.0. The molecule has 0 saturated heterocycles. The molecule has 2 aromatic heterocycles. The summed E-state index contributed by atoms with van der Waals surface area (Å²) in [5, 5.41) is 7.43. The van der Waals surface area contributed by atoms with Crippen LogP contribution in [-0.4, -0.2) is 32.3 Å². The summed E-state index contributed by atoms with van der Waals surface area (Å²) < 4.78 is 6.53. The first-order valence-corrected chi connectivity index (χ1v) is 6.92. The van der Waals surface area contributed by atoms with Gasteiger partial charge in [-0.2, -0.15) is 5.10 Å². The van der Waals surface area contributed by atoms with Gasteiger partial charge in [0.25, 0.3) is 0 Å². The van der Waals surface area contributed by atoms with E-state index in [1.54, 1.807) is 20.0 Å². The summed E-state index contributed by atoms with van der Waals surface area (Å²) in [5.41, 5.74) is 0.340. The van der Waals surface area contributed by atoms with Gasteiger partial charge in [-0.05, 0) is 6.92 Å². The summed E-state index contributed by atoms with van der Waals surface area (Å²) in [6.07, 6.45) is 2.11. The van der Waals surface area contributed by atoms with Crippen LogP contribution in [0.15, 0.2) is 12.3 Å². The maximum Gasteiger partial charge on any atom is 0.343 e. The monoisotopic (exact) mass is 309 g/mol. The average Bonchev–Trinajstić information content (AvgIpc) is 2.80. The van der Waals surface area contributed by atoms with Gasteiger partial charge in [0.1, 0.15) is 28.2 Å². The Labute approximate surface area is 127 Å². The van der Waals surface area contributed by atoms with E-state index < -0.39 is 5.97 Å². The molecule has 0 spiro atoms. The van der Waals surface area contributed by atoms with Gasteiger partial charge in [-0.25, -0.2) is 14.8 Å². The molecule has 0 radical (unpaired) electrons. The number of nitrogens with zero attached hydrogens (tertiary/aromatic N) is 4. The molecule has 2 heterocycles. The molecule has 8 heteroatoms. The lowest BCUT2D eigenvalue weighted by molar-refractivity contribution is 0.0527. The van der Waals surface area contributed by atoms with Gasteiger partial charge in [0.2, 0.25) is 0 Å². The van der Waals surface area contributed by atoms with Gasteiger partial charge < -0.3 is 10.1 Å². The summed E-state index contributed by atoms with van der Waals surface area (Å²) in [5.74, 6) is 1.17. The quantitative estimate of drug-likeness (QED) is 0.674. The smallest absolute Gasteiger partial charge is 0.343 e. The van der Waals surface area contributed by atoms with E-state index in [0.717, 1.165) is 0 Å². The van der Waals surface area contributed by atoms with Crippen molar-refractivity contribution < 1.29 is 9.53 Å². The van der Waals surface area contributed by atoms with Gasteiger partial charge in [-0.15, -0.1) is 0 Å². The van der Waals surface area contributed by atoms with Crippen LogP contribution < -0.4 is 5.32 Å². The Morgan fingerprint density at radius 2 is 2.19 bits per heavy atom. The first kappa shape index (κ1) is 15.2. The van der Waals surface area contributed by atoms with Crippen LogP contribution in [0.4, 0.5) is 11.6 Å². The second kappa shape index (κ2) is 6.53. The zero-order valence-corrected chi connectivity index (χ0v) is 12.8. The zero-order chi connectivity index (χ0) is 15.4. The fourth-order valence-corrected chi connectivity index (χ4v) is 1.95. The van der Waals surface area contributed by atoms with Gasteiger partial charge in [0.15, 0.2) is 0 Å². The predicted octanol–water partition coefficient (Wildman–Crippen LogP) is 2.35. The molecule has 0 amide bonds. The van der Waals surface area contributed by atoms with Crippen LogP contribution >= 0.6 is 11.6 Å². The highest BCUT2D eigenvalue weighted by Crippen LogP contribution is 2.21. The van der Waals surface area contributed by atoms with Crippen molar-refractivity contribution in [1.82, 2.24) is 19.7 Å². The Hall–Kier alpha value is -2.15. The van der Waals surface area contributed by atoms with Crippen molar-refractivity contribution in [3.8, 4) is 0 Å². The zero-order valence-electron chi connectivity index (χ0n) is 12.1. The summed E-state index contributed by atoms with van der Waals surface area (Å²) >= 11 is 5.96. The number of ether oxygens (including phenoxy) is 1. The Kier molecular flexibility index (Phi) is 4.74. The lowest BCUT2D eigenvalue weighted by Gasteiger charge is -2.09. The molecule has 0 aromatic carbocycles. The third-order valence-electron chi connectivity index (χ3n) is 2.74. The number of halogens is 1. The molecule has 0 atom stereocenters. The molecular formula is C13H16ClN5O2. The van der Waals surface area contributed by atoms with Crippen molar-refractivity contribution >= 4 is 29.2 Å². The lowest BCUT2D eigenvalue weighted by Crippen LogP contribution is -2.09. The number of hydrogen-bond donors (Lipinski definition) is 1. The van der Waals surface area contributed by atoms with Crippen LogP contribution in [-0.2, 0) is 18.2 Å². The van der Waals surface area contributed by atoms with Crippen LogP contribution in [0.2, 0.25) is 5.15 Å². The minimum atomic E-state index is -0.441. The van der Waals surface area contributed by atoms with Crippen LogP contribution in [0, 0.1) is 0 Å². The van der Waals surface area contributed by atoms with Gasteiger partial charge in [0.05, 0.1) is 12.8 Å². The SMILES string of the molecule is CCOC(=O)c1cnn(C)c1Nc1cc(Cl)nc(CC)n1. The first-order valence-electron chi connectivity index (χ1n) is 6.54. The fourth-order valence-electron chi connectivity index (χ4n) is 1.75. The van der Waals surface area contributed by atoms with E-state index in [1.165, 1.54) is 10.9 Å². The van der Waals surface area contributed by atoms with Crippen LogP contribution in [0.3, 0.4) is 0 Å². The molecule has 2 aromatic rings. The highest BCUT2D eigenvalue weighted by atomic mass is 35.5. The summed E-state index contributed by atoms with van der Waals surface area (Å²) in [7, 11) is 1.72. The highest BCUT2D eigenvalue weighted by Gasteiger charge is 2.18. The molecular weight excluding hydrogens is 294 g/mol. The van der Waals surface area contributed by atoms with Crippen molar-refractivity contribution in [2.24, 2.45) is 7.05 Å². The summed E-state index contributed by atoms with van der Waals surface area (Å²) in [6.45, 7) is 3.98. The van der Waals surface area contributed by atoms with E-state index in [2.05, 4.69) is 20.4 Å². The summed E-state index contributed by atoms with van der Waals surface area (Å²) in [4.78, 5) is 20.3. The average molecular weight is 310 g/mol. The molecule has 21 heavy (non-hydrogen) atoms. The number of carbonyl (C=O) groups excluding carboxylic acids is 1. The number of rotatable bonds is 5. The number of anilines is 2. The fraction of sp³-hybridized carbons (Fsp3) is 0.385. The second-order valence-corrected chi connectivity index (χ2v) is 4.61. The van der Waals surface area contributed by atoms with E-state index in [9.17, 15) is 4.79 Å². The van der Waals surface area contributed by atoms with E-state index in [-0.39, 0.29) is 0 Å². The predicted molar refractivity (Wildman–Crippen MR) is 78.9 cm³/mol. The van der Waals surface area contributed by atoms with Gasteiger partial charge >= 0.3 is 5.97 Å². The molecule has 0 saturated carbocycles. The molecule has 0 bridgehead atoms. The number of hydrogen-bond acceptors (Lipinski definition) is 6. The minimum absolute atomic E-state index is 0.298. The Morgan fingerprint density at radius 1 is 1.43 bits per heavy atom. The molecule has 0 unspecified atom stereocenters. The Morgan fingerprint density at radius 3 is 2.86 bits per heavy atom. The standard InChI is InChI=1S/C13H16ClN5O2/c1-4-10-16-9(14)6-11(17-10)18-12-8(7-15-19(12)3)13(20)21-5-2/h6-7H,4-5H2,1-3H3,(H,16,17,18). The normalized spacial score (nSPS) is 10.5. The Balaban J connectivity index is 2.33. The van der Waals surface area contributed by atoms with Crippen molar-refractivity contribution in [2.75, 3.05) is 11.9 Å². The van der Waals surface area contributed by atoms with Gasteiger partial charge in [-0.1, -0.05) is 18.5 Å². The maximum absolute atomic E-state index is 11.9. The van der Waals surface area contributed by atoms with E-state index in [1.807, 2.05) is 6.92 Å². The van der Waals surface area contributed by atoms with Crippen LogP contribution in [0.25, 0.3) is 0 Å². The lowest BCUT2D eigenvalue weighted by atomic mass is 10.3. The molecule has 0 aliphatic heterocycles. The van der Waals surface area contributed by atoms with Crippen molar-refractivity contribution in [3.63, 3.8) is 0 Å². The second-order valence-electron chi connectivity index (χ2n) is 4.22. The maximum atomic E-state index is 11.9. The van der Waals surface area contributed by atoms with Crippen molar-refractivity contribution in [2.45, 2.75) is 20.3 Å². The number of esters is 1. The van der Waals surface area contributed by atoms with Crippen LogP contribution in [0.5, 0.6) is 0 Å². The summed E-state index contributed by atoms with van der Waals surface area (Å²) in [6, 6.07) is 1.59. The molecule has 1 N–H and O–H groups in total. The largest absolute Gasteiger partial charge is 0.462 e. The van der Waals surface area contributed by atoms with Crippen LogP contribution in [0.1, 0.15) is 30.0 Å². The number of aryl methyl sites for hydroxylation is 2. The number of nitrogens with one attached hydrogen (secondary N) is 1. The molecule has 0 aliphatic rings. The third kappa shape index (κ3) is 3.49. The molecule has 2 rings (SSSR count). The van der Waals surface area contributed by atoms with Gasteiger partial charge in [-0.3, -0.25) is 4.68 Å². The molecule has 7 nitrogen and oxygen atoms in total. The third-order valence-corrected chi connectivity index (χ3v) is 2.93. The topological polar surface area (TPSA) is 81.9 Å². The van der Waals surface area contributed by atoms with Crippen molar-refractivity contribution in [3.05, 3.63) is 28.8 Å². The van der Waals surface area contributed by atoms with E-state index >= 15 is 0 Å². The van der Waals surface area contributed by atoms with Gasteiger partial charge in [0, 0.05) is 19.5 Å². The van der Waals surface area contributed by atoms with E-state index in [0.29, 0.717) is 41.2 Å². The number of carbonyl (C=O) groups is 1. The molecule has 0 fully saturated rings.